The van der Waals surface area contributed by atoms with Crippen molar-refractivity contribution in [3.63, 3.8) is 0 Å². The lowest BCUT2D eigenvalue weighted by molar-refractivity contribution is 0.143. The van der Waals surface area contributed by atoms with E-state index in [-0.39, 0.29) is 0 Å². The first kappa shape index (κ1) is 7.52. The van der Waals surface area contributed by atoms with E-state index in [4.69, 9.17) is 11.3 Å². The Morgan fingerprint density at radius 1 is 1.40 bits per heavy atom. The van der Waals surface area contributed by atoms with Gasteiger partial charge in [0.15, 0.2) is 0 Å². The molecule has 3 heteroatoms. The number of nitrogens with zero attached hydrogens (tertiary/aromatic N) is 2. The molecule has 0 unspecified atom stereocenters. The summed E-state index contributed by atoms with van der Waals surface area (Å²) in [5.41, 5.74) is 0. The van der Waals surface area contributed by atoms with E-state index < -0.39 is 0 Å². The van der Waals surface area contributed by atoms with Crippen LogP contribution in [-0.4, -0.2) is 37.9 Å². The van der Waals surface area contributed by atoms with E-state index in [9.17, 15) is 0 Å². The Morgan fingerprint density at radius 3 is 3.10 bits per heavy atom. The smallest absolute Gasteiger partial charge is 0.270 e. The Bertz CT molecular complexity index is 122. The van der Waals surface area contributed by atoms with Gasteiger partial charge in [-0.3, -0.25) is 4.85 Å². The van der Waals surface area contributed by atoms with Crippen molar-refractivity contribution in [2.45, 2.75) is 6.42 Å². The molecule has 0 spiro atoms. The Morgan fingerprint density at radius 2 is 2.30 bits per heavy atom. The van der Waals surface area contributed by atoms with Crippen LogP contribution in [0.4, 0.5) is 0 Å². The molecule has 1 rings (SSSR count). The Hall–Kier alpha value is -0.590. The second-order valence-electron chi connectivity index (χ2n) is 2.38. The summed E-state index contributed by atoms with van der Waals surface area (Å²) in [5, 5.41) is 0. The van der Waals surface area contributed by atoms with Gasteiger partial charge >= 0.3 is 0 Å². The molecule has 0 aromatic carbocycles. The summed E-state index contributed by atoms with van der Waals surface area (Å²) in [7, 11) is 0. The van der Waals surface area contributed by atoms with Crippen molar-refractivity contribution < 1.29 is 4.74 Å². The van der Waals surface area contributed by atoms with Crippen LogP contribution in [0.2, 0.25) is 0 Å². The topological polar surface area (TPSA) is 16.8 Å². The van der Waals surface area contributed by atoms with Crippen LogP contribution in [0, 0.1) is 6.57 Å². The normalized spacial score (nSPS) is 21.5. The first-order valence-electron chi connectivity index (χ1n) is 3.57. The molecule has 1 heterocycles. The summed E-state index contributed by atoms with van der Waals surface area (Å²) < 4.78 is 5.23. The van der Waals surface area contributed by atoms with Gasteiger partial charge in [-0.1, -0.05) is 0 Å². The molecule has 1 fully saturated rings. The largest absolute Gasteiger partial charge is 0.380 e. The van der Waals surface area contributed by atoms with Crippen LogP contribution in [0.15, 0.2) is 0 Å². The minimum absolute atomic E-state index is 0.531. The number of hydrogen-bond acceptors (Lipinski definition) is 2. The third-order valence-electron chi connectivity index (χ3n) is 1.59. The first-order valence-corrected chi connectivity index (χ1v) is 3.57. The van der Waals surface area contributed by atoms with Crippen molar-refractivity contribution in [2.24, 2.45) is 0 Å². The van der Waals surface area contributed by atoms with Gasteiger partial charge in [0, 0.05) is 19.7 Å². The van der Waals surface area contributed by atoms with Crippen LogP contribution in [0.1, 0.15) is 6.42 Å². The maximum absolute atomic E-state index is 6.65. The average Bonchev–Trinajstić information content (AvgIpc) is 2.17. The molecule has 1 aliphatic rings. The predicted molar refractivity (Wildman–Crippen MR) is 38.5 cm³/mol. The fraction of sp³-hybridized carbons (Fsp3) is 0.857. The molecule has 0 atom stereocenters. The van der Waals surface area contributed by atoms with Gasteiger partial charge in [-0.25, -0.2) is 11.5 Å². The van der Waals surface area contributed by atoms with Crippen molar-refractivity contribution in [1.29, 1.82) is 0 Å². The van der Waals surface area contributed by atoms with Crippen LogP contribution >= 0.6 is 0 Å². The second-order valence-corrected chi connectivity index (χ2v) is 2.38. The maximum Gasteiger partial charge on any atom is 0.270 e. The van der Waals surface area contributed by atoms with Gasteiger partial charge in [-0.2, -0.15) is 0 Å². The first-order chi connectivity index (χ1) is 4.93. The van der Waals surface area contributed by atoms with E-state index in [0.717, 1.165) is 32.7 Å². The van der Waals surface area contributed by atoms with E-state index in [1.54, 1.807) is 0 Å². The summed E-state index contributed by atoms with van der Waals surface area (Å²) in [5.74, 6) is 0. The summed E-state index contributed by atoms with van der Waals surface area (Å²) in [4.78, 5) is 5.45. The lowest BCUT2D eigenvalue weighted by Gasteiger charge is -2.10. The molecule has 0 aliphatic carbocycles. The van der Waals surface area contributed by atoms with Gasteiger partial charge in [-0.15, -0.1) is 0 Å². The summed E-state index contributed by atoms with van der Waals surface area (Å²) in [6, 6.07) is 0. The molecule has 3 nitrogen and oxygen atoms in total. The highest BCUT2D eigenvalue weighted by molar-refractivity contribution is 4.65. The van der Waals surface area contributed by atoms with E-state index >= 15 is 0 Å². The van der Waals surface area contributed by atoms with Crippen LogP contribution in [-0.2, 0) is 4.74 Å². The van der Waals surface area contributed by atoms with E-state index in [0.29, 0.717) is 6.67 Å². The second kappa shape index (κ2) is 4.26. The molecule has 1 aliphatic heterocycles. The molecule has 1 saturated heterocycles. The van der Waals surface area contributed by atoms with Crippen LogP contribution < -0.4 is 0 Å². The van der Waals surface area contributed by atoms with Crippen molar-refractivity contribution in [2.75, 3.05) is 33.0 Å². The minimum Gasteiger partial charge on any atom is -0.380 e. The molecule has 0 aromatic rings. The molecule has 0 aromatic heterocycles. The van der Waals surface area contributed by atoms with Crippen molar-refractivity contribution in [1.82, 2.24) is 4.90 Å². The summed E-state index contributed by atoms with van der Waals surface area (Å²) in [6.07, 6.45) is 1.06. The van der Waals surface area contributed by atoms with Crippen LogP contribution in [0.3, 0.4) is 0 Å². The number of ether oxygens (including phenoxy) is 1. The zero-order valence-electron chi connectivity index (χ0n) is 6.05. The zero-order chi connectivity index (χ0) is 7.23. The summed E-state index contributed by atoms with van der Waals surface area (Å²) in [6.45, 7) is 10.8. The van der Waals surface area contributed by atoms with Gasteiger partial charge in [0.25, 0.3) is 6.67 Å². The average molecular weight is 140 g/mol. The third-order valence-corrected chi connectivity index (χ3v) is 1.59. The van der Waals surface area contributed by atoms with Gasteiger partial charge in [0.2, 0.25) is 0 Å². The lowest BCUT2D eigenvalue weighted by atomic mass is 10.4. The molecule has 10 heavy (non-hydrogen) atoms. The van der Waals surface area contributed by atoms with Crippen molar-refractivity contribution >= 4 is 0 Å². The van der Waals surface area contributed by atoms with Gasteiger partial charge in [-0.05, 0) is 6.42 Å². The van der Waals surface area contributed by atoms with E-state index in [1.165, 1.54) is 0 Å². The van der Waals surface area contributed by atoms with E-state index in [1.807, 2.05) is 0 Å². The fourth-order valence-electron chi connectivity index (χ4n) is 1.04. The summed E-state index contributed by atoms with van der Waals surface area (Å²) >= 11 is 0. The maximum atomic E-state index is 6.65. The fourth-order valence-corrected chi connectivity index (χ4v) is 1.04. The van der Waals surface area contributed by atoms with Gasteiger partial charge < -0.3 is 4.74 Å². The van der Waals surface area contributed by atoms with Crippen molar-refractivity contribution in [3.05, 3.63) is 11.4 Å². The zero-order valence-corrected chi connectivity index (χ0v) is 6.05. The van der Waals surface area contributed by atoms with Crippen LogP contribution in [0.25, 0.3) is 4.85 Å². The minimum atomic E-state index is 0.531. The number of hydrogen-bond donors (Lipinski definition) is 0. The van der Waals surface area contributed by atoms with Gasteiger partial charge in [0.1, 0.15) is 0 Å². The quantitative estimate of drug-likeness (QED) is 0.496. The molecule has 56 valence electrons. The highest BCUT2D eigenvalue weighted by atomic mass is 16.5. The molecule has 0 N–H and O–H groups in total. The third kappa shape index (κ3) is 2.34. The molecular weight excluding hydrogens is 128 g/mol. The predicted octanol–water partition coefficient (Wildman–Crippen LogP) is 0.585. The molecule has 0 radical (unpaired) electrons. The standard InChI is InChI=1S/C7H12N2O/c1-8-7-9-3-2-5-10-6-4-9/h2-7H2. The Balaban J connectivity index is 2.23. The molecule has 0 amide bonds. The Labute approximate surface area is 61.4 Å². The SMILES string of the molecule is [C-]#[N+]CN1CCCOCC1. The monoisotopic (exact) mass is 140 g/mol. The Kier molecular flexibility index (Phi) is 3.20. The molecule has 0 bridgehead atoms. The van der Waals surface area contributed by atoms with Crippen molar-refractivity contribution in [3.8, 4) is 0 Å². The van der Waals surface area contributed by atoms with Crippen LogP contribution in [0.5, 0.6) is 0 Å². The number of rotatable bonds is 1. The lowest BCUT2D eigenvalue weighted by Crippen LogP contribution is -2.25. The highest BCUT2D eigenvalue weighted by Gasteiger charge is 2.09. The van der Waals surface area contributed by atoms with Gasteiger partial charge in [0.05, 0.1) is 6.61 Å². The molecule has 0 saturated carbocycles. The highest BCUT2D eigenvalue weighted by Crippen LogP contribution is 1.97. The molecular formula is C7H12N2O. The van der Waals surface area contributed by atoms with E-state index in [2.05, 4.69) is 9.74 Å².